The first kappa shape index (κ1) is 17.2. The van der Waals surface area contributed by atoms with E-state index < -0.39 is 0 Å². The third-order valence-electron chi connectivity index (χ3n) is 3.52. The van der Waals surface area contributed by atoms with Crippen molar-refractivity contribution < 1.29 is 4.84 Å². The molecule has 0 fully saturated rings. The Morgan fingerprint density at radius 1 is 1.24 bits per heavy atom. The summed E-state index contributed by atoms with van der Waals surface area (Å²) in [5, 5.41) is 5.07. The average Bonchev–Trinajstić information content (AvgIpc) is 3.04. The molecule has 0 saturated carbocycles. The molecule has 128 valence electrons. The van der Waals surface area contributed by atoms with Crippen molar-refractivity contribution in [2.45, 2.75) is 33.6 Å². The van der Waals surface area contributed by atoms with Crippen LogP contribution in [0.25, 0.3) is 10.6 Å². The molecular formula is C18H19N5OS. The monoisotopic (exact) mass is 353 g/mol. The zero-order valence-electron chi connectivity index (χ0n) is 14.4. The molecule has 0 aliphatic heterocycles. The molecule has 0 aliphatic rings. The number of rotatable bonds is 6. The minimum Gasteiger partial charge on any atom is -0.315 e. The first-order valence-electron chi connectivity index (χ1n) is 8.08. The van der Waals surface area contributed by atoms with E-state index in [2.05, 4.69) is 32.0 Å². The highest BCUT2D eigenvalue weighted by molar-refractivity contribution is 7.17. The van der Waals surface area contributed by atoms with Crippen molar-refractivity contribution in [1.29, 1.82) is 0 Å². The summed E-state index contributed by atoms with van der Waals surface area (Å²) in [5.41, 5.74) is 3.74. The molecule has 3 heterocycles. The standard InChI is InChI=1S/C18H19N5OS/c1-4-6-14-9-20-18(21-10-14)24-23-13(3)16-12(2)22-17(25-16)15-7-5-8-19-11-15/h5,7-11H,4,6H2,1-3H3. The molecule has 0 N–H and O–H groups in total. The van der Waals surface area contributed by atoms with Gasteiger partial charge in [-0.1, -0.05) is 18.5 Å². The maximum absolute atomic E-state index is 5.36. The first-order valence-corrected chi connectivity index (χ1v) is 8.89. The van der Waals surface area contributed by atoms with Crippen LogP contribution in [0.1, 0.15) is 36.4 Å². The van der Waals surface area contributed by atoms with Crippen LogP contribution in [0.3, 0.4) is 0 Å². The smallest absolute Gasteiger partial charge is 0.315 e. The molecule has 0 bridgehead atoms. The van der Waals surface area contributed by atoms with Crippen molar-refractivity contribution in [2.24, 2.45) is 5.16 Å². The Labute approximate surface area is 150 Å². The number of aromatic nitrogens is 4. The Morgan fingerprint density at radius 3 is 2.72 bits per heavy atom. The lowest BCUT2D eigenvalue weighted by molar-refractivity contribution is 0.312. The van der Waals surface area contributed by atoms with Gasteiger partial charge in [0.05, 0.1) is 16.3 Å². The van der Waals surface area contributed by atoms with Crippen LogP contribution in [-0.2, 0) is 6.42 Å². The van der Waals surface area contributed by atoms with Crippen molar-refractivity contribution in [3.8, 4) is 16.6 Å². The largest absolute Gasteiger partial charge is 0.345 e. The fraction of sp³-hybridized carbons (Fsp3) is 0.278. The van der Waals surface area contributed by atoms with Crippen LogP contribution < -0.4 is 4.84 Å². The second-order valence-corrected chi connectivity index (χ2v) is 6.57. The number of oxime groups is 1. The SMILES string of the molecule is CCCc1cnc(ON=C(C)c2sc(-c3cccnc3)nc2C)nc1. The number of pyridine rings is 1. The summed E-state index contributed by atoms with van der Waals surface area (Å²) in [6, 6.07) is 4.13. The first-order chi connectivity index (χ1) is 12.2. The zero-order chi connectivity index (χ0) is 17.6. The van der Waals surface area contributed by atoms with E-state index in [4.69, 9.17) is 4.84 Å². The van der Waals surface area contributed by atoms with Gasteiger partial charge in [0.2, 0.25) is 0 Å². The molecule has 6 nitrogen and oxygen atoms in total. The van der Waals surface area contributed by atoms with E-state index in [1.165, 1.54) is 0 Å². The molecule has 0 spiro atoms. The van der Waals surface area contributed by atoms with Crippen LogP contribution in [0, 0.1) is 6.92 Å². The van der Waals surface area contributed by atoms with Crippen LogP contribution in [0.4, 0.5) is 0 Å². The fourth-order valence-corrected chi connectivity index (χ4v) is 3.30. The molecule has 0 amide bonds. The van der Waals surface area contributed by atoms with Crippen molar-refractivity contribution in [3.63, 3.8) is 0 Å². The summed E-state index contributed by atoms with van der Waals surface area (Å²) < 4.78 is 0. The van der Waals surface area contributed by atoms with Crippen molar-refractivity contribution >= 4 is 17.0 Å². The third-order valence-corrected chi connectivity index (χ3v) is 4.83. The van der Waals surface area contributed by atoms with Gasteiger partial charge in [0, 0.05) is 30.4 Å². The highest BCUT2D eigenvalue weighted by Crippen LogP contribution is 2.27. The maximum Gasteiger partial charge on any atom is 0.345 e. The highest BCUT2D eigenvalue weighted by atomic mass is 32.1. The van der Waals surface area contributed by atoms with Gasteiger partial charge in [0.25, 0.3) is 0 Å². The van der Waals surface area contributed by atoms with Gasteiger partial charge in [0.15, 0.2) is 0 Å². The summed E-state index contributed by atoms with van der Waals surface area (Å²) in [7, 11) is 0. The predicted molar refractivity (Wildman–Crippen MR) is 98.9 cm³/mol. The van der Waals surface area contributed by atoms with Crippen LogP contribution >= 0.6 is 11.3 Å². The normalized spacial score (nSPS) is 11.6. The van der Waals surface area contributed by atoms with Gasteiger partial charge in [-0.25, -0.2) is 15.0 Å². The van der Waals surface area contributed by atoms with E-state index >= 15 is 0 Å². The van der Waals surface area contributed by atoms with Gasteiger partial charge in [-0.3, -0.25) is 4.98 Å². The van der Waals surface area contributed by atoms with Gasteiger partial charge >= 0.3 is 6.01 Å². The van der Waals surface area contributed by atoms with Crippen LogP contribution in [0.2, 0.25) is 0 Å². The Morgan fingerprint density at radius 2 is 2.04 bits per heavy atom. The molecule has 0 aliphatic carbocycles. The molecular weight excluding hydrogens is 334 g/mol. The molecule has 3 rings (SSSR count). The Balaban J connectivity index is 1.75. The van der Waals surface area contributed by atoms with E-state index in [0.717, 1.165) is 45.3 Å². The molecule has 3 aromatic rings. The lowest BCUT2D eigenvalue weighted by atomic mass is 10.2. The van der Waals surface area contributed by atoms with Gasteiger partial charge in [0.1, 0.15) is 5.01 Å². The number of hydrogen-bond donors (Lipinski definition) is 0. The van der Waals surface area contributed by atoms with Gasteiger partial charge in [-0.05, 0) is 38.0 Å². The van der Waals surface area contributed by atoms with Gasteiger partial charge in [-0.2, -0.15) is 0 Å². The van der Waals surface area contributed by atoms with Crippen molar-refractivity contribution in [3.05, 3.63) is 53.1 Å². The minimum absolute atomic E-state index is 0.244. The average molecular weight is 353 g/mol. The molecule has 0 atom stereocenters. The number of hydrogen-bond acceptors (Lipinski definition) is 7. The lowest BCUT2D eigenvalue weighted by Crippen LogP contribution is -2.00. The topological polar surface area (TPSA) is 73.2 Å². The Hall–Kier alpha value is -2.67. The van der Waals surface area contributed by atoms with Crippen molar-refractivity contribution in [2.75, 3.05) is 0 Å². The summed E-state index contributed by atoms with van der Waals surface area (Å²) in [5.74, 6) is 0. The molecule has 3 aromatic heterocycles. The molecule has 7 heteroatoms. The molecule has 0 unspecified atom stereocenters. The lowest BCUT2D eigenvalue weighted by Gasteiger charge is -2.00. The third kappa shape index (κ3) is 4.24. The number of aryl methyl sites for hydroxylation is 2. The predicted octanol–water partition coefficient (Wildman–Crippen LogP) is 4.06. The summed E-state index contributed by atoms with van der Waals surface area (Å²) in [4.78, 5) is 23.4. The van der Waals surface area contributed by atoms with Gasteiger partial charge < -0.3 is 4.84 Å². The second-order valence-electron chi connectivity index (χ2n) is 5.57. The van der Waals surface area contributed by atoms with Crippen LogP contribution in [0.5, 0.6) is 6.01 Å². The fourth-order valence-electron chi connectivity index (χ4n) is 2.30. The van der Waals surface area contributed by atoms with E-state index in [0.29, 0.717) is 0 Å². The van der Waals surface area contributed by atoms with Crippen LogP contribution in [0.15, 0.2) is 42.1 Å². The Bertz CT molecular complexity index is 859. The maximum atomic E-state index is 5.36. The molecule has 0 aromatic carbocycles. The van der Waals surface area contributed by atoms with E-state index in [1.54, 1.807) is 36.1 Å². The Kier molecular flexibility index (Phi) is 5.45. The van der Waals surface area contributed by atoms with Crippen LogP contribution in [-0.4, -0.2) is 25.6 Å². The van der Waals surface area contributed by atoms with Gasteiger partial charge in [-0.15, -0.1) is 11.3 Å². The van der Waals surface area contributed by atoms with E-state index in [1.807, 2.05) is 26.0 Å². The number of nitrogens with zero attached hydrogens (tertiary/aromatic N) is 5. The van der Waals surface area contributed by atoms with Crippen molar-refractivity contribution in [1.82, 2.24) is 19.9 Å². The highest BCUT2D eigenvalue weighted by Gasteiger charge is 2.12. The minimum atomic E-state index is 0.244. The molecule has 0 radical (unpaired) electrons. The van der Waals surface area contributed by atoms with E-state index in [9.17, 15) is 0 Å². The summed E-state index contributed by atoms with van der Waals surface area (Å²) in [6.07, 6.45) is 9.11. The van der Waals surface area contributed by atoms with E-state index in [-0.39, 0.29) is 6.01 Å². The molecule has 0 saturated heterocycles. The quantitative estimate of drug-likeness (QED) is 0.493. The molecule has 25 heavy (non-hydrogen) atoms. The summed E-state index contributed by atoms with van der Waals surface area (Å²) in [6.45, 7) is 5.97. The second kappa shape index (κ2) is 7.94. The summed E-state index contributed by atoms with van der Waals surface area (Å²) >= 11 is 1.56. The number of thiazole rings is 1. The zero-order valence-corrected chi connectivity index (χ0v) is 15.2.